The number of rotatable bonds is 2. The Kier molecular flexibility index (Phi) is 16.4. The zero-order valence-corrected chi connectivity index (χ0v) is 34.5. The number of likely N-dealkylation sites (tertiary alicyclic amines) is 1. The molecular weight excluding hydrogens is 665 g/mol. The molecule has 3 saturated heterocycles. The Morgan fingerprint density at radius 3 is 1.81 bits per heavy atom. The summed E-state index contributed by atoms with van der Waals surface area (Å²) in [6.45, 7) is 14.9. The van der Waals surface area contributed by atoms with Crippen LogP contribution in [0.3, 0.4) is 0 Å². The maximum absolute atomic E-state index is 11.5. The Morgan fingerprint density at radius 2 is 1.20 bits per heavy atom. The van der Waals surface area contributed by atoms with E-state index in [2.05, 4.69) is 89.8 Å². The number of Topliss-reactive ketones (excluding diaryl/α,β-unsaturated/α-hetero) is 1. The van der Waals surface area contributed by atoms with Crippen LogP contribution in [-0.4, -0.2) is 74.3 Å². The van der Waals surface area contributed by atoms with E-state index in [0.29, 0.717) is 16.6 Å². The summed E-state index contributed by atoms with van der Waals surface area (Å²) in [4.78, 5) is 14.0. The van der Waals surface area contributed by atoms with Gasteiger partial charge in [-0.3, -0.25) is 9.80 Å². The van der Waals surface area contributed by atoms with Gasteiger partial charge >= 0.3 is 0 Å². The van der Waals surface area contributed by atoms with E-state index in [9.17, 15) is 4.79 Å². The molecule has 7 heteroatoms. The number of anilines is 1. The fourth-order valence-electron chi connectivity index (χ4n) is 10.3. The molecule has 3 aliphatic heterocycles. The average Bonchev–Trinajstić information content (AvgIpc) is 3.96. The van der Waals surface area contributed by atoms with Crippen molar-refractivity contribution < 1.29 is 4.79 Å². The highest BCUT2D eigenvalue weighted by Crippen LogP contribution is 2.49. The van der Waals surface area contributed by atoms with Crippen molar-refractivity contribution in [3.8, 4) is 0 Å². The number of ketones is 1. The molecule has 9 rings (SSSR count). The van der Waals surface area contributed by atoms with E-state index >= 15 is 0 Å². The summed E-state index contributed by atoms with van der Waals surface area (Å²) in [7, 11) is 6.59. The average molecular weight is 741 g/mol. The first-order valence-electron chi connectivity index (χ1n) is 21.4. The quantitative estimate of drug-likeness (QED) is 0.256. The Hall–Kier alpha value is -3.00. The highest BCUT2D eigenvalue weighted by molar-refractivity contribution is 5.93. The normalized spacial score (nSPS) is 22.5. The molecule has 0 atom stereocenters. The molecule has 2 N–H and O–H groups in total. The van der Waals surface area contributed by atoms with Crippen molar-refractivity contribution in [1.29, 1.82) is 0 Å². The second kappa shape index (κ2) is 20.2. The van der Waals surface area contributed by atoms with E-state index in [1.807, 2.05) is 38.8 Å². The third-order valence-electron chi connectivity index (χ3n) is 13.4. The van der Waals surface area contributed by atoms with E-state index in [0.717, 1.165) is 58.3 Å². The van der Waals surface area contributed by atoms with Gasteiger partial charge in [0.2, 0.25) is 0 Å². The summed E-state index contributed by atoms with van der Waals surface area (Å²) in [5, 5.41) is 15.3. The van der Waals surface area contributed by atoms with Gasteiger partial charge in [0.05, 0.1) is 5.69 Å². The number of fused-ring (bicyclic) bond motifs is 4. The molecule has 2 aromatic carbocycles. The minimum Gasteiger partial charge on any atom is -0.347 e. The second-order valence-electron chi connectivity index (χ2n) is 16.1. The van der Waals surface area contributed by atoms with Gasteiger partial charge in [0.1, 0.15) is 5.78 Å². The molecule has 6 aliphatic rings. The van der Waals surface area contributed by atoms with Crippen LogP contribution >= 0.6 is 0 Å². The van der Waals surface area contributed by atoms with Crippen molar-refractivity contribution in [3.05, 3.63) is 65.9 Å². The number of aryl methyl sites for hydroxylation is 2. The van der Waals surface area contributed by atoms with Crippen molar-refractivity contribution >= 4 is 28.1 Å². The summed E-state index contributed by atoms with van der Waals surface area (Å²) in [6.07, 6.45) is 17.0. The number of piperidine rings is 3. The van der Waals surface area contributed by atoms with Gasteiger partial charge in [-0.15, -0.1) is 0 Å². The zero-order chi connectivity index (χ0) is 37.9. The number of hydrogen-bond donors (Lipinski definition) is 2. The monoisotopic (exact) mass is 741 g/mol. The zero-order valence-electron chi connectivity index (χ0n) is 34.5. The smallest absolute Gasteiger partial charge is 0.139 e. The van der Waals surface area contributed by atoms with Crippen molar-refractivity contribution in [1.82, 2.24) is 20.1 Å². The lowest BCUT2D eigenvalue weighted by Gasteiger charge is -2.38. The summed E-state index contributed by atoms with van der Waals surface area (Å²) >= 11 is 0. The van der Waals surface area contributed by atoms with Crippen LogP contribution in [0, 0.1) is 10.8 Å². The number of aromatic nitrogens is 1. The maximum atomic E-state index is 11.5. The molecule has 4 heterocycles. The van der Waals surface area contributed by atoms with Gasteiger partial charge in [0.15, 0.2) is 0 Å². The molecule has 7 nitrogen and oxygen atoms in total. The Labute approximate surface area is 329 Å². The number of benzene rings is 2. The third-order valence-corrected chi connectivity index (χ3v) is 13.4. The van der Waals surface area contributed by atoms with Gasteiger partial charge in [-0.25, -0.2) is 0 Å². The van der Waals surface area contributed by atoms with Crippen LogP contribution < -0.4 is 15.6 Å². The molecule has 1 aromatic heterocycles. The molecule has 5 fully saturated rings. The molecule has 54 heavy (non-hydrogen) atoms. The molecule has 0 bridgehead atoms. The highest BCUT2D eigenvalue weighted by atomic mass is 16.1. The highest BCUT2D eigenvalue weighted by Gasteiger charge is 2.44. The predicted molar refractivity (Wildman–Crippen MR) is 233 cm³/mol. The Balaban J connectivity index is 0.000000176. The van der Waals surface area contributed by atoms with E-state index in [4.69, 9.17) is 5.10 Å². The molecule has 0 unspecified atom stereocenters. The van der Waals surface area contributed by atoms with Gasteiger partial charge < -0.3 is 20.1 Å². The lowest BCUT2D eigenvalue weighted by molar-refractivity contribution is -0.127. The van der Waals surface area contributed by atoms with Crippen LogP contribution in [0.4, 0.5) is 5.69 Å². The largest absolute Gasteiger partial charge is 0.347 e. The summed E-state index contributed by atoms with van der Waals surface area (Å²) in [5.41, 5.74) is 8.32. The Bertz CT molecular complexity index is 1610. The lowest BCUT2D eigenvalue weighted by Crippen LogP contribution is -2.40. The summed E-state index contributed by atoms with van der Waals surface area (Å²) < 4.78 is 2.49. The third kappa shape index (κ3) is 9.33. The molecule has 0 radical (unpaired) electrons. The molecule has 2 saturated carbocycles. The molecule has 3 aliphatic carbocycles. The van der Waals surface area contributed by atoms with Gasteiger partial charge in [-0.2, -0.15) is 5.10 Å². The minimum atomic E-state index is 0. The first-order valence-corrected chi connectivity index (χ1v) is 21.4. The molecule has 300 valence electrons. The summed E-state index contributed by atoms with van der Waals surface area (Å²) in [6, 6.07) is 19.4. The van der Waals surface area contributed by atoms with Gasteiger partial charge in [0, 0.05) is 59.1 Å². The topological polar surface area (TPSA) is 64.9 Å². The standard InChI is InChI=1S/C17H22N2.C16H23N3.C9H15NO.2C2H6.CH4/c1-18-11-9-17(10-12-18)8-7-14-13-5-3-4-6-15(13)19(2)16(14)17;1-19(14-6-3-2-4-7-14)18-15-8-5-9-16(15)10-12-17-13-11-16;11-8-2-1-3-9(8)4-6-10-7-5-9;2*1-2;/h3-6H,7-12H2,1-2H3;2-4,6-7,17H,5,8-13H2,1H3;10H,1-7H2;2*1-2H3;1H4/b;18-15+;;;;. The van der Waals surface area contributed by atoms with Crippen molar-refractivity contribution in [2.45, 2.75) is 130 Å². The number of nitrogens with one attached hydrogen (secondary N) is 2. The maximum Gasteiger partial charge on any atom is 0.139 e. The van der Waals surface area contributed by atoms with Crippen molar-refractivity contribution in [2.75, 3.05) is 58.4 Å². The molecular formula is C47H76N6O. The minimum absolute atomic E-state index is 0. The van der Waals surface area contributed by atoms with Crippen LogP contribution in [0.15, 0.2) is 59.7 Å². The molecule has 0 amide bonds. The first kappa shape index (κ1) is 43.7. The van der Waals surface area contributed by atoms with Gasteiger partial charge in [-0.1, -0.05) is 71.5 Å². The van der Waals surface area contributed by atoms with Gasteiger partial charge in [0.25, 0.3) is 0 Å². The number of hydrazone groups is 1. The van der Waals surface area contributed by atoms with E-state index in [1.54, 1.807) is 11.3 Å². The Morgan fingerprint density at radius 1 is 0.648 bits per heavy atom. The number of nitrogens with zero attached hydrogens (tertiary/aromatic N) is 4. The van der Waals surface area contributed by atoms with Crippen LogP contribution in [0.2, 0.25) is 0 Å². The van der Waals surface area contributed by atoms with Crippen LogP contribution in [-0.2, 0) is 23.7 Å². The number of hydrogen-bond acceptors (Lipinski definition) is 6. The van der Waals surface area contributed by atoms with Crippen LogP contribution in [0.1, 0.15) is 130 Å². The van der Waals surface area contributed by atoms with Crippen LogP contribution in [0.25, 0.3) is 10.9 Å². The van der Waals surface area contributed by atoms with E-state index in [-0.39, 0.29) is 12.8 Å². The van der Waals surface area contributed by atoms with Crippen molar-refractivity contribution in [3.63, 3.8) is 0 Å². The molecule has 3 spiro atoms. The fourth-order valence-corrected chi connectivity index (χ4v) is 10.3. The van der Waals surface area contributed by atoms with Crippen molar-refractivity contribution in [2.24, 2.45) is 23.0 Å². The number of para-hydroxylation sites is 2. The second-order valence-corrected chi connectivity index (χ2v) is 16.1. The predicted octanol–water partition coefficient (Wildman–Crippen LogP) is 9.92. The van der Waals surface area contributed by atoms with E-state index in [1.165, 1.54) is 93.2 Å². The summed E-state index contributed by atoms with van der Waals surface area (Å²) in [5.74, 6) is 0.541. The van der Waals surface area contributed by atoms with E-state index < -0.39 is 0 Å². The molecule has 3 aromatic rings. The lowest BCUT2D eigenvalue weighted by atomic mass is 9.76. The SMILES string of the molecule is C.CC.CC.CN(/N=C1\CCCC12CCNCC2)c1ccccc1.CN1CCC2(CCc3c2n(C)c2ccccc32)CC1.O=C1CCCC12CCNCC2. The number of carbonyl (C=O) groups excluding carboxylic acids is 1. The van der Waals surface area contributed by atoms with Gasteiger partial charge in [-0.05, 0) is 154 Å². The number of carbonyl (C=O) groups is 1. The first-order chi connectivity index (χ1) is 25.8. The fraction of sp³-hybridized carbons (Fsp3) is 0.660. The van der Waals surface area contributed by atoms with Crippen LogP contribution in [0.5, 0.6) is 0 Å².